The lowest BCUT2D eigenvalue weighted by Gasteiger charge is -2.30. The Hall–Kier alpha value is -9.70. The van der Waals surface area contributed by atoms with Crippen molar-refractivity contribution in [2.45, 2.75) is 5.41 Å². The number of hydrogen-bond donors (Lipinski definition) is 0. The lowest BCUT2D eigenvalue weighted by molar-refractivity contribution is 0.669. The van der Waals surface area contributed by atoms with E-state index in [2.05, 4.69) is 267 Å². The number of rotatable bonds is 7. The quantitative estimate of drug-likeness (QED) is 0.160. The Morgan fingerprint density at radius 2 is 0.730 bits per heavy atom. The molecule has 11 aromatic carbocycles. The molecule has 0 aliphatic heterocycles. The summed E-state index contributed by atoms with van der Waals surface area (Å²) in [4.78, 5) is 11.2. The molecule has 3 heteroatoms. The van der Waals surface area contributed by atoms with Crippen LogP contribution in [-0.4, -0.2) is 9.97 Å². The number of para-hydroxylation sites is 1. The molecule has 0 bridgehead atoms. The standard InChI is InChI=1S/C71H44N2O/c1-5-19-45(20-6-1)50-37-51(46-21-7-2-8-22-46)40-54(39-50)66-44-65(72-70(73-66)55-41-52(47-23-9-3-10-24-47)38-53(42-55)48-25-11-4-12-26-48)49-33-34-57-56-27-13-16-30-61(56)71(64(57)43-49)62-31-17-14-29-60(62)68-63(71)36-35-59-58-28-15-18-32-67(58)74-69(59)68/h1-44H. The first-order chi connectivity index (χ1) is 36.7. The van der Waals surface area contributed by atoms with E-state index in [-0.39, 0.29) is 0 Å². The number of furan rings is 1. The van der Waals surface area contributed by atoms with Crippen LogP contribution in [0.1, 0.15) is 22.3 Å². The van der Waals surface area contributed by atoms with Crippen molar-refractivity contribution in [1.29, 1.82) is 0 Å². The summed E-state index contributed by atoms with van der Waals surface area (Å²) in [5.74, 6) is 0.654. The van der Waals surface area contributed by atoms with E-state index in [0.717, 1.165) is 100 Å². The van der Waals surface area contributed by atoms with Gasteiger partial charge < -0.3 is 4.42 Å². The maximum atomic E-state index is 6.86. The highest BCUT2D eigenvalue weighted by atomic mass is 16.3. The zero-order valence-corrected chi connectivity index (χ0v) is 40.2. The number of benzene rings is 11. The molecule has 1 spiro atoms. The topological polar surface area (TPSA) is 38.9 Å². The molecule has 0 saturated heterocycles. The zero-order valence-electron chi connectivity index (χ0n) is 40.2. The first-order valence-electron chi connectivity index (χ1n) is 25.4. The molecule has 2 heterocycles. The van der Waals surface area contributed by atoms with Crippen LogP contribution >= 0.6 is 0 Å². The summed E-state index contributed by atoms with van der Waals surface area (Å²) in [6.07, 6.45) is 0. The van der Waals surface area contributed by atoms with Crippen LogP contribution in [0, 0.1) is 0 Å². The summed E-state index contributed by atoms with van der Waals surface area (Å²) in [6.45, 7) is 0. The third-order valence-electron chi connectivity index (χ3n) is 15.5. The van der Waals surface area contributed by atoms with Crippen molar-refractivity contribution in [3.05, 3.63) is 289 Å². The third kappa shape index (κ3) is 6.53. The van der Waals surface area contributed by atoms with Crippen molar-refractivity contribution in [3.8, 4) is 101 Å². The van der Waals surface area contributed by atoms with Crippen LogP contribution in [-0.2, 0) is 5.41 Å². The van der Waals surface area contributed by atoms with E-state index in [0.29, 0.717) is 5.82 Å². The molecule has 0 radical (unpaired) electrons. The fourth-order valence-corrected chi connectivity index (χ4v) is 12.2. The maximum absolute atomic E-state index is 6.86. The molecule has 2 aromatic heterocycles. The van der Waals surface area contributed by atoms with Crippen LogP contribution in [0.2, 0.25) is 0 Å². The molecule has 0 fully saturated rings. The van der Waals surface area contributed by atoms with E-state index in [4.69, 9.17) is 14.4 Å². The smallest absolute Gasteiger partial charge is 0.160 e. The largest absolute Gasteiger partial charge is 0.455 e. The van der Waals surface area contributed by atoms with Gasteiger partial charge in [-0.25, -0.2) is 9.97 Å². The van der Waals surface area contributed by atoms with Crippen LogP contribution < -0.4 is 0 Å². The molecule has 3 nitrogen and oxygen atoms in total. The second-order valence-electron chi connectivity index (χ2n) is 19.6. The minimum atomic E-state index is -0.608. The van der Waals surface area contributed by atoms with Crippen molar-refractivity contribution < 1.29 is 4.42 Å². The molecule has 344 valence electrons. The van der Waals surface area contributed by atoms with E-state index in [1.807, 2.05) is 0 Å². The molecule has 0 amide bonds. The summed E-state index contributed by atoms with van der Waals surface area (Å²) in [7, 11) is 0. The van der Waals surface area contributed by atoms with Gasteiger partial charge in [-0.1, -0.05) is 212 Å². The van der Waals surface area contributed by atoms with Crippen molar-refractivity contribution in [2.75, 3.05) is 0 Å². The second-order valence-corrected chi connectivity index (χ2v) is 19.6. The van der Waals surface area contributed by atoms with Crippen LogP contribution in [0.15, 0.2) is 271 Å². The average Bonchev–Trinajstić information content (AvgIpc) is 4.25. The molecule has 15 rings (SSSR count). The van der Waals surface area contributed by atoms with Gasteiger partial charge >= 0.3 is 0 Å². The molecule has 2 aliphatic rings. The summed E-state index contributed by atoms with van der Waals surface area (Å²) in [6, 6.07) is 96.4. The Kier molecular flexibility index (Phi) is 9.48. The Morgan fingerprint density at radius 1 is 0.270 bits per heavy atom. The first kappa shape index (κ1) is 42.0. The monoisotopic (exact) mass is 940 g/mol. The number of fused-ring (bicyclic) bond motifs is 14. The predicted molar refractivity (Wildman–Crippen MR) is 304 cm³/mol. The van der Waals surface area contributed by atoms with Gasteiger partial charge in [0.15, 0.2) is 5.82 Å². The maximum Gasteiger partial charge on any atom is 0.160 e. The van der Waals surface area contributed by atoms with Gasteiger partial charge in [0.1, 0.15) is 11.2 Å². The minimum Gasteiger partial charge on any atom is -0.455 e. The van der Waals surface area contributed by atoms with Gasteiger partial charge in [-0.15, -0.1) is 0 Å². The van der Waals surface area contributed by atoms with Crippen molar-refractivity contribution in [2.24, 2.45) is 0 Å². The van der Waals surface area contributed by atoms with Crippen molar-refractivity contribution >= 4 is 21.9 Å². The number of aromatic nitrogens is 2. The summed E-state index contributed by atoms with van der Waals surface area (Å²) < 4.78 is 6.86. The summed E-state index contributed by atoms with van der Waals surface area (Å²) >= 11 is 0. The molecule has 74 heavy (non-hydrogen) atoms. The zero-order chi connectivity index (χ0) is 48.7. The minimum absolute atomic E-state index is 0.608. The van der Waals surface area contributed by atoms with E-state index in [1.54, 1.807) is 0 Å². The van der Waals surface area contributed by atoms with Gasteiger partial charge in [-0.2, -0.15) is 0 Å². The van der Waals surface area contributed by atoms with Gasteiger partial charge in [-0.05, 0) is 138 Å². The molecule has 2 aliphatic carbocycles. The number of hydrogen-bond acceptors (Lipinski definition) is 3. The Labute approximate surface area is 429 Å². The SMILES string of the molecule is c1ccc(-c2cc(-c3ccccc3)cc(-c3cc(-c4ccc5c(c4)C4(c6ccccc6-5)c5ccccc5-c5c4ccc4c5oc5ccccc54)nc(-c4cc(-c5ccccc5)cc(-c5ccccc5)c4)n3)c2)cc1. The van der Waals surface area contributed by atoms with Crippen LogP contribution in [0.4, 0.5) is 0 Å². The third-order valence-corrected chi connectivity index (χ3v) is 15.5. The van der Waals surface area contributed by atoms with Crippen molar-refractivity contribution in [1.82, 2.24) is 9.97 Å². The lowest BCUT2D eigenvalue weighted by atomic mass is 9.70. The second kappa shape index (κ2) is 16.7. The summed E-state index contributed by atoms with van der Waals surface area (Å²) in [5.41, 5.74) is 24.7. The van der Waals surface area contributed by atoms with Gasteiger partial charge in [0, 0.05) is 33.0 Å². The van der Waals surface area contributed by atoms with E-state index < -0.39 is 5.41 Å². The van der Waals surface area contributed by atoms with E-state index in [1.165, 1.54) is 38.9 Å². The molecule has 0 saturated carbocycles. The number of nitrogens with zero attached hydrogens (tertiary/aromatic N) is 2. The average molecular weight is 941 g/mol. The van der Waals surface area contributed by atoms with E-state index in [9.17, 15) is 0 Å². The first-order valence-corrected chi connectivity index (χ1v) is 25.4. The highest BCUT2D eigenvalue weighted by Crippen LogP contribution is 2.64. The molecule has 1 atom stereocenters. The van der Waals surface area contributed by atoms with Crippen LogP contribution in [0.3, 0.4) is 0 Å². The predicted octanol–water partition coefficient (Wildman–Crippen LogP) is 18.4. The lowest BCUT2D eigenvalue weighted by Crippen LogP contribution is -2.25. The van der Waals surface area contributed by atoms with E-state index >= 15 is 0 Å². The van der Waals surface area contributed by atoms with Crippen LogP contribution in [0.25, 0.3) is 123 Å². The molecule has 13 aromatic rings. The Balaban J connectivity index is 0.993. The fourth-order valence-electron chi connectivity index (χ4n) is 12.2. The highest BCUT2D eigenvalue weighted by molar-refractivity contribution is 6.13. The molecular formula is C71H44N2O. The van der Waals surface area contributed by atoms with Crippen molar-refractivity contribution in [3.63, 3.8) is 0 Å². The molecular weight excluding hydrogens is 897 g/mol. The Bertz CT molecular complexity index is 4090. The van der Waals surface area contributed by atoms with Gasteiger partial charge in [0.05, 0.1) is 16.8 Å². The fraction of sp³-hybridized carbons (Fsp3) is 0.0141. The molecule has 1 unspecified atom stereocenters. The van der Waals surface area contributed by atoms with Gasteiger partial charge in [0.25, 0.3) is 0 Å². The van der Waals surface area contributed by atoms with Gasteiger partial charge in [0.2, 0.25) is 0 Å². The highest BCUT2D eigenvalue weighted by Gasteiger charge is 2.52. The Morgan fingerprint density at radius 3 is 1.32 bits per heavy atom. The molecule has 0 N–H and O–H groups in total. The summed E-state index contributed by atoms with van der Waals surface area (Å²) in [5, 5.41) is 2.26. The normalized spacial score (nSPS) is 14.0. The van der Waals surface area contributed by atoms with Crippen LogP contribution in [0.5, 0.6) is 0 Å². The van der Waals surface area contributed by atoms with Gasteiger partial charge in [-0.3, -0.25) is 0 Å².